The number of fused-ring (bicyclic) bond motifs is 1. The van der Waals surface area contributed by atoms with E-state index in [0.29, 0.717) is 0 Å². The average Bonchev–Trinajstić information content (AvgIpc) is 3.01. The van der Waals surface area contributed by atoms with Gasteiger partial charge in [-0.2, -0.15) is 5.26 Å². The first kappa shape index (κ1) is 13.5. The minimum absolute atomic E-state index is 0.727. The highest BCUT2D eigenvalue weighted by Gasteiger charge is 2.23. The van der Waals surface area contributed by atoms with E-state index in [1.807, 2.05) is 24.3 Å². The van der Waals surface area contributed by atoms with Crippen LogP contribution in [-0.4, -0.2) is 0 Å². The van der Waals surface area contributed by atoms with E-state index in [4.69, 9.17) is 0 Å². The smallest absolute Gasteiger partial charge is 0.0991 e. The molecule has 0 fully saturated rings. The van der Waals surface area contributed by atoms with Crippen LogP contribution in [0, 0.1) is 11.3 Å². The van der Waals surface area contributed by atoms with Crippen LogP contribution in [0.25, 0.3) is 11.1 Å². The summed E-state index contributed by atoms with van der Waals surface area (Å²) in [5.74, 6) is 0. The van der Waals surface area contributed by atoms with Gasteiger partial charge in [0.05, 0.1) is 11.6 Å². The number of hydrogen-bond donors (Lipinski definition) is 0. The quantitative estimate of drug-likeness (QED) is 0.647. The molecule has 1 aliphatic carbocycles. The fourth-order valence-electron chi connectivity index (χ4n) is 3.32. The van der Waals surface area contributed by atoms with Crippen LogP contribution < -0.4 is 0 Å². The highest BCUT2D eigenvalue weighted by molar-refractivity contribution is 6.03. The van der Waals surface area contributed by atoms with Crippen molar-refractivity contribution in [1.82, 2.24) is 0 Å². The second kappa shape index (κ2) is 5.59. The lowest BCUT2D eigenvalue weighted by atomic mass is 9.94. The molecular formula is C22H15N. The predicted octanol–water partition coefficient (Wildman–Crippen LogP) is 5.07. The van der Waals surface area contributed by atoms with Gasteiger partial charge in [-0.05, 0) is 52.0 Å². The Morgan fingerprint density at radius 1 is 0.739 bits per heavy atom. The lowest BCUT2D eigenvalue weighted by molar-refractivity contribution is 1.30. The second-order valence-electron chi connectivity index (χ2n) is 5.75. The second-order valence-corrected chi connectivity index (χ2v) is 5.75. The highest BCUT2D eigenvalue weighted by atomic mass is 14.3. The number of benzene rings is 3. The maximum Gasteiger partial charge on any atom is 0.0991 e. The van der Waals surface area contributed by atoms with Crippen LogP contribution in [0.1, 0.15) is 27.8 Å². The van der Waals surface area contributed by atoms with Gasteiger partial charge < -0.3 is 0 Å². The third-order valence-electron chi connectivity index (χ3n) is 4.36. The van der Waals surface area contributed by atoms with E-state index in [2.05, 4.69) is 60.7 Å². The lowest BCUT2D eigenvalue weighted by Gasteiger charge is -2.09. The van der Waals surface area contributed by atoms with E-state index in [9.17, 15) is 5.26 Å². The fourth-order valence-corrected chi connectivity index (χ4v) is 3.32. The average molecular weight is 293 g/mol. The fraction of sp³-hybridized carbons (Fsp3) is 0.0455. The summed E-state index contributed by atoms with van der Waals surface area (Å²) in [5.41, 5.74) is 8.32. The molecule has 0 saturated carbocycles. The van der Waals surface area contributed by atoms with Crippen LogP contribution in [-0.2, 0) is 6.42 Å². The van der Waals surface area contributed by atoms with Crippen molar-refractivity contribution in [2.24, 2.45) is 0 Å². The first-order valence-corrected chi connectivity index (χ1v) is 7.74. The zero-order chi connectivity index (χ0) is 15.6. The van der Waals surface area contributed by atoms with Crippen molar-refractivity contribution in [3.8, 4) is 6.07 Å². The van der Waals surface area contributed by atoms with Crippen molar-refractivity contribution in [2.75, 3.05) is 0 Å². The summed E-state index contributed by atoms with van der Waals surface area (Å²) in [5, 5.41) is 9.17. The minimum atomic E-state index is 0.727. The Balaban J connectivity index is 1.95. The molecule has 1 heteroatoms. The van der Waals surface area contributed by atoms with Crippen LogP contribution in [0.2, 0.25) is 0 Å². The third kappa shape index (κ3) is 2.35. The van der Waals surface area contributed by atoms with Gasteiger partial charge in [0.2, 0.25) is 0 Å². The summed E-state index contributed by atoms with van der Waals surface area (Å²) in [6, 6.07) is 29.3. The zero-order valence-corrected chi connectivity index (χ0v) is 12.7. The van der Waals surface area contributed by atoms with Gasteiger partial charge in [-0.3, -0.25) is 0 Å². The Hall–Kier alpha value is -3.11. The van der Waals surface area contributed by atoms with E-state index in [1.165, 1.54) is 33.4 Å². The summed E-state index contributed by atoms with van der Waals surface area (Å²) in [6.07, 6.45) is 0.874. The molecule has 108 valence electrons. The van der Waals surface area contributed by atoms with Crippen molar-refractivity contribution >= 4 is 11.1 Å². The summed E-state index contributed by atoms with van der Waals surface area (Å²) >= 11 is 0. The Bertz CT molecular complexity index is 929. The van der Waals surface area contributed by atoms with Crippen LogP contribution in [0.4, 0.5) is 0 Å². The largest absolute Gasteiger partial charge is 0.192 e. The molecule has 3 aromatic carbocycles. The minimum Gasteiger partial charge on any atom is -0.192 e. The van der Waals surface area contributed by atoms with Gasteiger partial charge in [0, 0.05) is 0 Å². The van der Waals surface area contributed by atoms with Crippen LogP contribution in [0.5, 0.6) is 0 Å². The summed E-state index contributed by atoms with van der Waals surface area (Å²) in [4.78, 5) is 0. The Labute approximate surface area is 136 Å². The lowest BCUT2D eigenvalue weighted by Crippen LogP contribution is -1.89. The molecule has 3 aromatic rings. The molecule has 0 saturated heterocycles. The number of rotatable bonds is 2. The molecular weight excluding hydrogens is 278 g/mol. The number of allylic oxidation sites excluding steroid dienone is 1. The molecule has 0 radical (unpaired) electrons. The number of nitriles is 1. The van der Waals surface area contributed by atoms with E-state index in [-0.39, 0.29) is 0 Å². The normalized spacial score (nSPS) is 12.8. The molecule has 0 amide bonds. The van der Waals surface area contributed by atoms with Gasteiger partial charge in [0.1, 0.15) is 0 Å². The third-order valence-corrected chi connectivity index (χ3v) is 4.36. The molecule has 0 heterocycles. The topological polar surface area (TPSA) is 23.8 Å². The molecule has 4 rings (SSSR count). The molecule has 0 unspecified atom stereocenters. The number of nitrogens with zero attached hydrogens (tertiary/aromatic N) is 1. The van der Waals surface area contributed by atoms with Crippen molar-refractivity contribution < 1.29 is 0 Å². The molecule has 23 heavy (non-hydrogen) atoms. The van der Waals surface area contributed by atoms with Crippen LogP contribution in [0.3, 0.4) is 0 Å². The Morgan fingerprint density at radius 3 is 2.04 bits per heavy atom. The number of hydrogen-bond acceptors (Lipinski definition) is 1. The molecule has 0 atom stereocenters. The molecule has 0 bridgehead atoms. The maximum atomic E-state index is 9.17. The zero-order valence-electron chi connectivity index (χ0n) is 12.7. The van der Waals surface area contributed by atoms with E-state index >= 15 is 0 Å². The first-order valence-electron chi connectivity index (χ1n) is 7.74. The monoisotopic (exact) mass is 293 g/mol. The summed E-state index contributed by atoms with van der Waals surface area (Å²) < 4.78 is 0. The molecule has 0 aromatic heterocycles. The van der Waals surface area contributed by atoms with Crippen molar-refractivity contribution in [3.63, 3.8) is 0 Å². The van der Waals surface area contributed by atoms with E-state index in [1.54, 1.807) is 0 Å². The van der Waals surface area contributed by atoms with Crippen molar-refractivity contribution in [3.05, 3.63) is 107 Å². The first-order chi connectivity index (χ1) is 11.4. The SMILES string of the molecule is N#Cc1ccc2c(c1)CC(c1ccccc1)=C2c1ccccc1. The van der Waals surface area contributed by atoms with Gasteiger partial charge in [-0.25, -0.2) is 0 Å². The molecule has 1 aliphatic rings. The molecule has 0 aliphatic heterocycles. The van der Waals surface area contributed by atoms with E-state index < -0.39 is 0 Å². The van der Waals surface area contributed by atoms with Crippen LogP contribution in [0.15, 0.2) is 78.9 Å². The van der Waals surface area contributed by atoms with Gasteiger partial charge in [0.25, 0.3) is 0 Å². The Kier molecular flexibility index (Phi) is 3.29. The maximum absolute atomic E-state index is 9.17. The van der Waals surface area contributed by atoms with Gasteiger partial charge in [0.15, 0.2) is 0 Å². The standard InChI is InChI=1S/C22H15N/c23-15-16-11-12-20-19(13-16)14-21(17-7-3-1-4-8-17)22(20)18-9-5-2-6-10-18/h1-13H,14H2. The molecule has 0 spiro atoms. The van der Waals surface area contributed by atoms with Gasteiger partial charge in [-0.1, -0.05) is 66.7 Å². The summed E-state index contributed by atoms with van der Waals surface area (Å²) in [6.45, 7) is 0. The molecule has 1 nitrogen and oxygen atoms in total. The van der Waals surface area contributed by atoms with Crippen molar-refractivity contribution in [2.45, 2.75) is 6.42 Å². The van der Waals surface area contributed by atoms with Gasteiger partial charge in [-0.15, -0.1) is 0 Å². The summed E-state index contributed by atoms with van der Waals surface area (Å²) in [7, 11) is 0. The molecule has 0 N–H and O–H groups in total. The predicted molar refractivity (Wildman–Crippen MR) is 93.7 cm³/mol. The van der Waals surface area contributed by atoms with Gasteiger partial charge >= 0.3 is 0 Å². The van der Waals surface area contributed by atoms with Crippen LogP contribution >= 0.6 is 0 Å². The highest BCUT2D eigenvalue weighted by Crippen LogP contribution is 2.42. The van der Waals surface area contributed by atoms with E-state index in [0.717, 1.165) is 12.0 Å². The van der Waals surface area contributed by atoms with Crippen molar-refractivity contribution in [1.29, 1.82) is 5.26 Å². The Morgan fingerprint density at radius 2 is 1.39 bits per heavy atom.